The van der Waals surface area contributed by atoms with E-state index in [9.17, 15) is 8.42 Å². The van der Waals surface area contributed by atoms with E-state index in [4.69, 9.17) is 0 Å². The van der Waals surface area contributed by atoms with Crippen LogP contribution < -0.4 is 5.32 Å². The molecule has 0 aliphatic carbocycles. The molecule has 0 aliphatic heterocycles. The van der Waals surface area contributed by atoms with E-state index in [1.54, 1.807) is 6.92 Å². The summed E-state index contributed by atoms with van der Waals surface area (Å²) >= 11 is 0. The molecule has 0 spiro atoms. The fourth-order valence-corrected chi connectivity index (χ4v) is 3.25. The van der Waals surface area contributed by atoms with Gasteiger partial charge < -0.3 is 9.88 Å². The largest absolute Gasteiger partial charge is 0.346 e. The lowest BCUT2D eigenvalue weighted by Gasteiger charge is -2.05. The summed E-state index contributed by atoms with van der Waals surface area (Å²) in [7, 11) is -2.93. The first-order valence-electron chi connectivity index (χ1n) is 7.55. The summed E-state index contributed by atoms with van der Waals surface area (Å²) in [5, 5.41) is 4.56. The first-order valence-corrected chi connectivity index (χ1v) is 9.37. The molecule has 0 bridgehead atoms. The predicted molar refractivity (Wildman–Crippen MR) is 88.5 cm³/mol. The molecule has 0 unspecified atom stereocenters. The summed E-state index contributed by atoms with van der Waals surface area (Å²) in [6.07, 6.45) is 3.06. The molecule has 1 aromatic carbocycles. The SMILES string of the molecule is CCNCCc1cn(CCS(=O)(=O)CC)c2ccccc12. The average molecular weight is 308 g/mol. The number of hydrogen-bond acceptors (Lipinski definition) is 3. The van der Waals surface area contributed by atoms with Crippen molar-refractivity contribution in [1.82, 2.24) is 9.88 Å². The monoisotopic (exact) mass is 308 g/mol. The third-order valence-corrected chi connectivity index (χ3v) is 5.46. The van der Waals surface area contributed by atoms with Gasteiger partial charge >= 0.3 is 0 Å². The topological polar surface area (TPSA) is 51.1 Å². The fourth-order valence-electron chi connectivity index (χ4n) is 2.49. The van der Waals surface area contributed by atoms with E-state index in [0.29, 0.717) is 6.54 Å². The highest BCUT2D eigenvalue weighted by atomic mass is 32.2. The Morgan fingerprint density at radius 2 is 1.95 bits per heavy atom. The van der Waals surface area contributed by atoms with Crippen molar-refractivity contribution in [2.75, 3.05) is 24.6 Å². The second-order valence-electron chi connectivity index (χ2n) is 5.20. The van der Waals surface area contributed by atoms with Gasteiger partial charge in [0.05, 0.1) is 5.75 Å². The number of sulfone groups is 1. The zero-order chi connectivity index (χ0) is 15.3. The van der Waals surface area contributed by atoms with Crippen LogP contribution in [0.2, 0.25) is 0 Å². The Morgan fingerprint density at radius 1 is 1.19 bits per heavy atom. The summed E-state index contributed by atoms with van der Waals surface area (Å²) in [4.78, 5) is 0. The van der Waals surface area contributed by atoms with Crippen molar-refractivity contribution < 1.29 is 8.42 Å². The van der Waals surface area contributed by atoms with E-state index in [0.717, 1.165) is 25.0 Å². The van der Waals surface area contributed by atoms with E-state index in [1.165, 1.54) is 10.9 Å². The standard InChI is InChI=1S/C16H24N2O2S/c1-3-17-10-9-14-13-18(11-12-21(19,20)4-2)16-8-6-5-7-15(14)16/h5-8,13,17H,3-4,9-12H2,1-2H3. The molecule has 0 saturated carbocycles. The van der Waals surface area contributed by atoms with Gasteiger partial charge in [0.2, 0.25) is 0 Å². The molecule has 0 radical (unpaired) electrons. The smallest absolute Gasteiger partial charge is 0.151 e. The average Bonchev–Trinajstić information content (AvgIpc) is 2.84. The van der Waals surface area contributed by atoms with Crippen molar-refractivity contribution in [3.05, 3.63) is 36.0 Å². The number of aryl methyl sites for hydroxylation is 1. The van der Waals surface area contributed by atoms with Gasteiger partial charge in [-0.2, -0.15) is 0 Å². The molecule has 0 saturated heterocycles. The molecule has 0 atom stereocenters. The summed E-state index contributed by atoms with van der Waals surface area (Å²) in [5.41, 5.74) is 2.40. The highest BCUT2D eigenvalue weighted by Crippen LogP contribution is 2.21. The minimum atomic E-state index is -2.93. The van der Waals surface area contributed by atoms with Crippen LogP contribution in [0.5, 0.6) is 0 Å². The highest BCUT2D eigenvalue weighted by Gasteiger charge is 2.11. The zero-order valence-corrected chi connectivity index (χ0v) is 13.6. The molecule has 116 valence electrons. The maximum Gasteiger partial charge on any atom is 0.151 e. The molecule has 4 nitrogen and oxygen atoms in total. The van der Waals surface area contributed by atoms with Crippen LogP contribution >= 0.6 is 0 Å². The predicted octanol–water partition coefficient (Wildman–Crippen LogP) is 2.23. The minimum Gasteiger partial charge on any atom is -0.346 e. The second-order valence-corrected chi connectivity index (χ2v) is 7.68. The van der Waals surface area contributed by atoms with Gasteiger partial charge in [-0.05, 0) is 31.1 Å². The summed E-state index contributed by atoms with van der Waals surface area (Å²) in [5.74, 6) is 0.411. The van der Waals surface area contributed by atoms with E-state index >= 15 is 0 Å². The lowest BCUT2D eigenvalue weighted by molar-refractivity contribution is 0.591. The number of aromatic nitrogens is 1. The van der Waals surface area contributed by atoms with Crippen LogP contribution in [0.3, 0.4) is 0 Å². The second kappa shape index (κ2) is 7.09. The Balaban J connectivity index is 2.23. The van der Waals surface area contributed by atoms with Crippen LogP contribution in [0.4, 0.5) is 0 Å². The molecule has 21 heavy (non-hydrogen) atoms. The molecule has 1 aromatic heterocycles. The highest BCUT2D eigenvalue weighted by molar-refractivity contribution is 7.91. The Kier molecular flexibility index (Phi) is 5.42. The van der Waals surface area contributed by atoms with Gasteiger partial charge in [0.15, 0.2) is 9.84 Å². The maximum absolute atomic E-state index is 11.7. The number of fused-ring (bicyclic) bond motifs is 1. The molecule has 5 heteroatoms. The van der Waals surface area contributed by atoms with Gasteiger partial charge in [-0.25, -0.2) is 8.42 Å². The van der Waals surface area contributed by atoms with Gasteiger partial charge in [-0.15, -0.1) is 0 Å². The molecule has 0 aliphatic rings. The lowest BCUT2D eigenvalue weighted by atomic mass is 10.1. The van der Waals surface area contributed by atoms with Crippen molar-refractivity contribution >= 4 is 20.7 Å². The Labute approximate surface area is 127 Å². The quantitative estimate of drug-likeness (QED) is 0.761. The van der Waals surface area contributed by atoms with Crippen LogP contribution in [-0.2, 0) is 22.8 Å². The first kappa shape index (κ1) is 16.0. The number of nitrogens with one attached hydrogen (secondary N) is 1. The summed E-state index contributed by atoms with van der Waals surface area (Å²) < 4.78 is 25.5. The van der Waals surface area contributed by atoms with Crippen molar-refractivity contribution in [2.24, 2.45) is 0 Å². The number of benzene rings is 1. The maximum atomic E-state index is 11.7. The van der Waals surface area contributed by atoms with Gasteiger partial charge in [-0.1, -0.05) is 32.0 Å². The molecule has 1 heterocycles. The summed E-state index contributed by atoms with van der Waals surface area (Å²) in [6, 6.07) is 8.21. The van der Waals surface area contributed by atoms with Gasteiger partial charge in [0, 0.05) is 29.4 Å². The van der Waals surface area contributed by atoms with E-state index in [-0.39, 0.29) is 11.5 Å². The zero-order valence-electron chi connectivity index (χ0n) is 12.8. The lowest BCUT2D eigenvalue weighted by Crippen LogP contribution is -2.16. The molecule has 0 amide bonds. The van der Waals surface area contributed by atoms with Crippen molar-refractivity contribution in [3.63, 3.8) is 0 Å². The Hall–Kier alpha value is -1.33. The van der Waals surface area contributed by atoms with Gasteiger partial charge in [0.25, 0.3) is 0 Å². The fraction of sp³-hybridized carbons (Fsp3) is 0.500. The molecule has 1 N–H and O–H groups in total. The third-order valence-electron chi connectivity index (χ3n) is 3.78. The van der Waals surface area contributed by atoms with Crippen LogP contribution in [0.1, 0.15) is 19.4 Å². The molecule has 2 rings (SSSR count). The van der Waals surface area contributed by atoms with E-state index < -0.39 is 9.84 Å². The van der Waals surface area contributed by atoms with Gasteiger partial charge in [0.1, 0.15) is 0 Å². The number of rotatable bonds is 8. The van der Waals surface area contributed by atoms with Crippen LogP contribution in [-0.4, -0.2) is 37.6 Å². The van der Waals surface area contributed by atoms with Crippen LogP contribution in [0.15, 0.2) is 30.5 Å². The number of para-hydroxylation sites is 1. The van der Waals surface area contributed by atoms with E-state index in [2.05, 4.69) is 35.1 Å². The third kappa shape index (κ3) is 4.08. The van der Waals surface area contributed by atoms with Gasteiger partial charge in [-0.3, -0.25) is 0 Å². The van der Waals surface area contributed by atoms with Crippen LogP contribution in [0, 0.1) is 0 Å². The molecular formula is C16H24N2O2S. The summed E-state index contributed by atoms with van der Waals surface area (Å²) in [6.45, 7) is 6.23. The number of likely N-dealkylation sites (N-methyl/N-ethyl adjacent to an activating group) is 1. The van der Waals surface area contributed by atoms with E-state index in [1.807, 2.05) is 12.1 Å². The minimum absolute atomic E-state index is 0.203. The Morgan fingerprint density at radius 3 is 2.67 bits per heavy atom. The van der Waals surface area contributed by atoms with Crippen LogP contribution in [0.25, 0.3) is 10.9 Å². The normalized spacial score (nSPS) is 12.1. The molecule has 2 aromatic rings. The first-order chi connectivity index (χ1) is 10.1. The molecule has 0 fully saturated rings. The van der Waals surface area contributed by atoms with Crippen molar-refractivity contribution in [3.8, 4) is 0 Å². The van der Waals surface area contributed by atoms with Crippen molar-refractivity contribution in [1.29, 1.82) is 0 Å². The number of hydrogen-bond donors (Lipinski definition) is 1. The Bertz CT molecular complexity index is 689. The van der Waals surface area contributed by atoms with Crippen molar-refractivity contribution in [2.45, 2.75) is 26.8 Å². The molecular weight excluding hydrogens is 284 g/mol. The number of nitrogens with zero attached hydrogens (tertiary/aromatic N) is 1.